The number of nitrogens with zero attached hydrogens (tertiary/aromatic N) is 2. The van der Waals surface area contributed by atoms with Crippen molar-refractivity contribution in [1.29, 1.82) is 0 Å². The van der Waals surface area contributed by atoms with E-state index < -0.39 is 0 Å². The first-order valence-electron chi connectivity index (χ1n) is 6.98. The van der Waals surface area contributed by atoms with E-state index >= 15 is 0 Å². The second-order valence-corrected chi connectivity index (χ2v) is 5.21. The molecule has 0 unspecified atom stereocenters. The topological polar surface area (TPSA) is 64.9 Å². The van der Waals surface area contributed by atoms with E-state index in [9.17, 15) is 0 Å². The lowest BCUT2D eigenvalue weighted by atomic mass is 9.89. The highest BCUT2D eigenvalue weighted by Crippen LogP contribution is 2.31. The fourth-order valence-corrected chi connectivity index (χ4v) is 2.70. The summed E-state index contributed by atoms with van der Waals surface area (Å²) in [7, 11) is 0. The minimum atomic E-state index is -0.328. The van der Waals surface area contributed by atoms with Gasteiger partial charge in [-0.15, -0.1) is 0 Å². The van der Waals surface area contributed by atoms with Gasteiger partial charge >= 0.3 is 0 Å². The molecule has 0 saturated heterocycles. The molecule has 1 aliphatic carbocycles. The predicted octanol–water partition coefficient (Wildman–Crippen LogP) is 3.17. The first kappa shape index (κ1) is 12.4. The van der Waals surface area contributed by atoms with Crippen LogP contribution in [0, 0.1) is 0 Å². The van der Waals surface area contributed by atoms with Crippen LogP contribution in [0.1, 0.15) is 61.3 Å². The van der Waals surface area contributed by atoms with Gasteiger partial charge in [0.2, 0.25) is 5.89 Å². The van der Waals surface area contributed by atoms with E-state index in [0.29, 0.717) is 11.8 Å². The van der Waals surface area contributed by atoms with Crippen molar-refractivity contribution in [2.75, 3.05) is 0 Å². The summed E-state index contributed by atoms with van der Waals surface area (Å²) in [6.07, 6.45) is 6.18. The minimum absolute atomic E-state index is 0.328. The van der Waals surface area contributed by atoms with E-state index in [0.717, 1.165) is 11.4 Å². The SMILES string of the molecule is N[C@H](c1ccccc1)c1nc(C2CCCCC2)no1. The Bertz CT molecular complexity index is 517. The summed E-state index contributed by atoms with van der Waals surface area (Å²) in [5.41, 5.74) is 7.16. The summed E-state index contributed by atoms with van der Waals surface area (Å²) in [5.74, 6) is 1.81. The lowest BCUT2D eigenvalue weighted by Crippen LogP contribution is -2.12. The second kappa shape index (κ2) is 5.53. The molecule has 0 radical (unpaired) electrons. The van der Waals surface area contributed by atoms with Crippen LogP contribution in [0.25, 0.3) is 0 Å². The van der Waals surface area contributed by atoms with Gasteiger partial charge in [-0.2, -0.15) is 4.98 Å². The predicted molar refractivity (Wildman–Crippen MR) is 72.6 cm³/mol. The quantitative estimate of drug-likeness (QED) is 0.917. The molecule has 4 heteroatoms. The summed E-state index contributed by atoms with van der Waals surface area (Å²) in [5, 5.41) is 4.12. The molecule has 4 nitrogen and oxygen atoms in total. The zero-order chi connectivity index (χ0) is 13.1. The van der Waals surface area contributed by atoms with Crippen LogP contribution in [-0.4, -0.2) is 10.1 Å². The summed E-state index contributed by atoms with van der Waals surface area (Å²) in [4.78, 5) is 4.51. The van der Waals surface area contributed by atoms with E-state index in [2.05, 4.69) is 10.1 Å². The Morgan fingerprint density at radius 1 is 1.11 bits per heavy atom. The maximum atomic E-state index is 6.16. The molecule has 0 spiro atoms. The average molecular weight is 257 g/mol. The summed E-state index contributed by atoms with van der Waals surface area (Å²) in [6.45, 7) is 0. The Kier molecular flexibility index (Phi) is 3.60. The number of hydrogen-bond acceptors (Lipinski definition) is 4. The van der Waals surface area contributed by atoms with E-state index in [1.54, 1.807) is 0 Å². The lowest BCUT2D eigenvalue weighted by Gasteiger charge is -2.17. The molecular weight excluding hydrogens is 238 g/mol. The Morgan fingerprint density at radius 3 is 2.58 bits per heavy atom. The maximum Gasteiger partial charge on any atom is 0.248 e. The molecule has 1 atom stereocenters. The van der Waals surface area contributed by atoms with Crippen molar-refractivity contribution in [3.63, 3.8) is 0 Å². The lowest BCUT2D eigenvalue weighted by molar-refractivity contribution is 0.350. The van der Waals surface area contributed by atoms with E-state index in [-0.39, 0.29) is 6.04 Å². The molecule has 0 bridgehead atoms. The van der Waals surface area contributed by atoms with Crippen LogP contribution in [0.2, 0.25) is 0 Å². The van der Waals surface area contributed by atoms with Gasteiger partial charge in [0.15, 0.2) is 5.82 Å². The van der Waals surface area contributed by atoms with Gasteiger partial charge in [0.05, 0.1) is 0 Å². The van der Waals surface area contributed by atoms with Crippen LogP contribution >= 0.6 is 0 Å². The number of nitrogens with two attached hydrogens (primary N) is 1. The van der Waals surface area contributed by atoms with E-state index in [1.165, 1.54) is 32.1 Å². The molecule has 0 amide bonds. The third-order valence-corrected chi connectivity index (χ3v) is 3.85. The van der Waals surface area contributed by atoms with Gasteiger partial charge in [-0.1, -0.05) is 54.8 Å². The number of rotatable bonds is 3. The monoisotopic (exact) mass is 257 g/mol. The molecule has 1 aliphatic rings. The fraction of sp³-hybridized carbons (Fsp3) is 0.467. The van der Waals surface area contributed by atoms with Crippen LogP contribution in [0.4, 0.5) is 0 Å². The van der Waals surface area contributed by atoms with Crippen molar-refractivity contribution in [2.24, 2.45) is 5.73 Å². The third kappa shape index (κ3) is 2.68. The van der Waals surface area contributed by atoms with Crippen molar-refractivity contribution in [3.05, 3.63) is 47.6 Å². The molecule has 1 aromatic carbocycles. The molecule has 1 aromatic heterocycles. The van der Waals surface area contributed by atoms with Crippen LogP contribution in [-0.2, 0) is 0 Å². The van der Waals surface area contributed by atoms with Gasteiger partial charge in [0, 0.05) is 5.92 Å². The highest BCUT2D eigenvalue weighted by molar-refractivity contribution is 5.23. The maximum absolute atomic E-state index is 6.16. The number of aromatic nitrogens is 2. The van der Waals surface area contributed by atoms with Crippen LogP contribution < -0.4 is 5.73 Å². The minimum Gasteiger partial charge on any atom is -0.337 e. The summed E-state index contributed by atoms with van der Waals surface area (Å²) < 4.78 is 5.35. The van der Waals surface area contributed by atoms with E-state index in [1.807, 2.05) is 30.3 Å². The highest BCUT2D eigenvalue weighted by atomic mass is 16.5. The molecular formula is C15H19N3O. The second-order valence-electron chi connectivity index (χ2n) is 5.21. The van der Waals surface area contributed by atoms with Gasteiger partial charge in [0.25, 0.3) is 0 Å². The largest absolute Gasteiger partial charge is 0.337 e. The van der Waals surface area contributed by atoms with Crippen LogP contribution in [0.15, 0.2) is 34.9 Å². The smallest absolute Gasteiger partial charge is 0.248 e. The number of benzene rings is 1. The van der Waals surface area contributed by atoms with Crippen molar-refractivity contribution in [2.45, 2.75) is 44.1 Å². The first-order valence-corrected chi connectivity index (χ1v) is 6.98. The molecule has 100 valence electrons. The molecule has 1 heterocycles. The van der Waals surface area contributed by atoms with Gasteiger partial charge in [0.1, 0.15) is 6.04 Å². The Balaban J connectivity index is 1.77. The Morgan fingerprint density at radius 2 is 1.84 bits per heavy atom. The van der Waals surface area contributed by atoms with Gasteiger partial charge in [-0.3, -0.25) is 0 Å². The van der Waals surface area contributed by atoms with Gasteiger partial charge in [-0.25, -0.2) is 0 Å². The van der Waals surface area contributed by atoms with Crippen molar-refractivity contribution in [3.8, 4) is 0 Å². The number of hydrogen-bond donors (Lipinski definition) is 1. The summed E-state index contributed by atoms with van der Waals surface area (Å²) >= 11 is 0. The fourth-order valence-electron chi connectivity index (χ4n) is 2.70. The normalized spacial score (nSPS) is 18.4. The molecule has 2 aromatic rings. The van der Waals surface area contributed by atoms with Crippen molar-refractivity contribution < 1.29 is 4.52 Å². The zero-order valence-electron chi connectivity index (χ0n) is 11.0. The standard InChI is InChI=1S/C15H19N3O/c16-13(11-7-3-1-4-8-11)15-17-14(18-19-15)12-9-5-2-6-10-12/h1,3-4,7-8,12-13H,2,5-6,9-10,16H2/t13-/m1/s1. The van der Waals surface area contributed by atoms with Crippen molar-refractivity contribution >= 4 is 0 Å². The molecule has 2 N–H and O–H groups in total. The zero-order valence-corrected chi connectivity index (χ0v) is 11.0. The van der Waals surface area contributed by atoms with Gasteiger partial charge in [-0.05, 0) is 18.4 Å². The van der Waals surface area contributed by atoms with Crippen molar-refractivity contribution in [1.82, 2.24) is 10.1 Å². The first-order chi connectivity index (χ1) is 9.34. The van der Waals surface area contributed by atoms with Crippen LogP contribution in [0.5, 0.6) is 0 Å². The van der Waals surface area contributed by atoms with E-state index in [4.69, 9.17) is 10.3 Å². The molecule has 19 heavy (non-hydrogen) atoms. The Hall–Kier alpha value is -1.68. The molecule has 0 aliphatic heterocycles. The highest BCUT2D eigenvalue weighted by Gasteiger charge is 2.23. The Labute approximate surface area is 113 Å². The van der Waals surface area contributed by atoms with Gasteiger partial charge < -0.3 is 10.3 Å². The third-order valence-electron chi connectivity index (χ3n) is 3.85. The molecule has 3 rings (SSSR count). The van der Waals surface area contributed by atoms with Crippen LogP contribution in [0.3, 0.4) is 0 Å². The molecule has 1 saturated carbocycles. The average Bonchev–Trinajstić information content (AvgIpc) is 2.98. The molecule has 1 fully saturated rings. The summed E-state index contributed by atoms with van der Waals surface area (Å²) in [6, 6.07) is 9.54.